The lowest BCUT2D eigenvalue weighted by Crippen LogP contribution is -2.18. The van der Waals surface area contributed by atoms with Crippen LogP contribution in [0, 0.1) is 11.6 Å². The Bertz CT molecular complexity index is 978. The molecule has 0 bridgehead atoms. The average molecular weight is 341 g/mol. The molecule has 0 saturated heterocycles. The van der Waals surface area contributed by atoms with Crippen molar-refractivity contribution in [3.8, 4) is 11.3 Å². The van der Waals surface area contributed by atoms with E-state index in [1.165, 1.54) is 16.8 Å². The second-order valence-electron chi connectivity index (χ2n) is 5.31. The van der Waals surface area contributed by atoms with E-state index in [2.05, 4.69) is 10.4 Å². The molecule has 126 valence electrons. The van der Waals surface area contributed by atoms with E-state index in [9.17, 15) is 18.4 Å². The third-order valence-electron chi connectivity index (χ3n) is 3.59. The van der Waals surface area contributed by atoms with Crippen molar-refractivity contribution in [3.63, 3.8) is 0 Å². The van der Waals surface area contributed by atoms with E-state index in [0.29, 0.717) is 11.4 Å². The molecule has 1 heterocycles. The van der Waals surface area contributed by atoms with Gasteiger partial charge in [0.15, 0.2) is 0 Å². The zero-order valence-electron chi connectivity index (χ0n) is 13.2. The molecule has 3 rings (SSSR count). The SMILES string of the molecule is Cn1nc(-c2ccc(NC(=O)c3c(F)cccc3F)cc2)ccc1=O. The summed E-state index contributed by atoms with van der Waals surface area (Å²) in [4.78, 5) is 23.4. The number of aryl methyl sites for hydroxylation is 1. The van der Waals surface area contributed by atoms with Crippen molar-refractivity contribution in [2.75, 3.05) is 5.32 Å². The monoisotopic (exact) mass is 341 g/mol. The number of hydrogen-bond acceptors (Lipinski definition) is 3. The number of hydrogen-bond donors (Lipinski definition) is 1. The molecule has 7 heteroatoms. The molecule has 1 amide bonds. The van der Waals surface area contributed by atoms with E-state index in [0.717, 1.165) is 17.7 Å². The van der Waals surface area contributed by atoms with Gasteiger partial charge in [-0.25, -0.2) is 13.5 Å². The van der Waals surface area contributed by atoms with E-state index in [1.807, 2.05) is 0 Å². The molecule has 0 radical (unpaired) electrons. The fraction of sp³-hybridized carbons (Fsp3) is 0.0556. The molecule has 0 aliphatic rings. The van der Waals surface area contributed by atoms with Gasteiger partial charge in [-0.15, -0.1) is 0 Å². The van der Waals surface area contributed by atoms with Gasteiger partial charge in [0.2, 0.25) is 0 Å². The fourth-order valence-corrected chi connectivity index (χ4v) is 2.29. The number of anilines is 1. The van der Waals surface area contributed by atoms with Crippen LogP contribution >= 0.6 is 0 Å². The molecule has 0 unspecified atom stereocenters. The lowest BCUT2D eigenvalue weighted by molar-refractivity contribution is 0.101. The van der Waals surface area contributed by atoms with Crippen molar-refractivity contribution in [1.29, 1.82) is 0 Å². The predicted octanol–water partition coefficient (Wildman–Crippen LogP) is 2.98. The van der Waals surface area contributed by atoms with E-state index < -0.39 is 23.1 Å². The summed E-state index contributed by atoms with van der Waals surface area (Å²) in [5.41, 5.74) is 0.831. The van der Waals surface area contributed by atoms with Crippen molar-refractivity contribution in [3.05, 3.63) is 82.1 Å². The van der Waals surface area contributed by atoms with E-state index in [1.54, 1.807) is 37.4 Å². The summed E-state index contributed by atoms with van der Waals surface area (Å²) in [7, 11) is 1.55. The first-order valence-corrected chi connectivity index (χ1v) is 7.36. The highest BCUT2D eigenvalue weighted by molar-refractivity contribution is 6.04. The molecule has 0 aliphatic heterocycles. The summed E-state index contributed by atoms with van der Waals surface area (Å²) in [5, 5.41) is 6.57. The summed E-state index contributed by atoms with van der Waals surface area (Å²) in [6, 6.07) is 12.7. The minimum absolute atomic E-state index is 0.223. The van der Waals surface area contributed by atoms with Crippen LogP contribution in [-0.4, -0.2) is 15.7 Å². The van der Waals surface area contributed by atoms with Crippen molar-refractivity contribution in [2.24, 2.45) is 7.05 Å². The van der Waals surface area contributed by atoms with Crippen LogP contribution in [0.2, 0.25) is 0 Å². The van der Waals surface area contributed by atoms with Gasteiger partial charge in [0.05, 0.1) is 5.69 Å². The molecular formula is C18H13F2N3O2. The molecule has 0 spiro atoms. The standard InChI is InChI=1S/C18H13F2N3O2/c1-23-16(24)10-9-15(22-23)11-5-7-12(8-6-11)21-18(25)17-13(19)3-2-4-14(17)20/h2-10H,1H3,(H,21,25). The Morgan fingerprint density at radius 2 is 1.64 bits per heavy atom. The topological polar surface area (TPSA) is 64.0 Å². The smallest absolute Gasteiger partial charge is 0.266 e. The highest BCUT2D eigenvalue weighted by Gasteiger charge is 2.17. The average Bonchev–Trinajstić information content (AvgIpc) is 2.58. The van der Waals surface area contributed by atoms with Crippen LogP contribution in [0.25, 0.3) is 11.3 Å². The van der Waals surface area contributed by atoms with Gasteiger partial charge in [0.1, 0.15) is 17.2 Å². The van der Waals surface area contributed by atoms with Crippen LogP contribution in [0.4, 0.5) is 14.5 Å². The first-order chi connectivity index (χ1) is 12.0. The normalized spacial score (nSPS) is 10.5. The predicted molar refractivity (Wildman–Crippen MR) is 89.2 cm³/mol. The highest BCUT2D eigenvalue weighted by atomic mass is 19.1. The molecule has 2 aromatic carbocycles. The van der Waals surface area contributed by atoms with Crippen molar-refractivity contribution in [2.45, 2.75) is 0 Å². The molecule has 0 fully saturated rings. The Labute approximate surface area is 141 Å². The van der Waals surface area contributed by atoms with E-state index in [4.69, 9.17) is 0 Å². The Morgan fingerprint density at radius 1 is 1.00 bits per heavy atom. The Morgan fingerprint density at radius 3 is 2.24 bits per heavy atom. The molecule has 25 heavy (non-hydrogen) atoms. The van der Waals surface area contributed by atoms with Crippen LogP contribution in [0.3, 0.4) is 0 Å². The number of halogens is 2. The number of carbonyl (C=O) groups is 1. The number of nitrogens with zero attached hydrogens (tertiary/aromatic N) is 2. The zero-order chi connectivity index (χ0) is 18.0. The van der Waals surface area contributed by atoms with Gasteiger partial charge in [-0.05, 0) is 30.3 Å². The maximum Gasteiger partial charge on any atom is 0.266 e. The number of carbonyl (C=O) groups excluding carboxylic acids is 1. The Kier molecular flexibility index (Phi) is 4.38. The lowest BCUT2D eigenvalue weighted by Gasteiger charge is -2.08. The number of benzene rings is 2. The quantitative estimate of drug-likeness (QED) is 0.797. The summed E-state index contributed by atoms with van der Waals surface area (Å²) in [5.74, 6) is -2.73. The van der Waals surface area contributed by atoms with Gasteiger partial charge in [-0.3, -0.25) is 9.59 Å². The first kappa shape index (κ1) is 16.5. The molecule has 3 aromatic rings. The highest BCUT2D eigenvalue weighted by Crippen LogP contribution is 2.20. The largest absolute Gasteiger partial charge is 0.322 e. The maximum atomic E-state index is 13.6. The second kappa shape index (κ2) is 6.64. The minimum atomic E-state index is -0.927. The maximum absolute atomic E-state index is 13.6. The summed E-state index contributed by atoms with van der Waals surface area (Å²) in [6.45, 7) is 0. The summed E-state index contributed by atoms with van der Waals surface area (Å²) in [6.07, 6.45) is 0. The van der Waals surface area contributed by atoms with E-state index >= 15 is 0 Å². The van der Waals surface area contributed by atoms with Crippen molar-refractivity contribution in [1.82, 2.24) is 9.78 Å². The van der Waals surface area contributed by atoms with Crippen LogP contribution in [0.1, 0.15) is 10.4 Å². The van der Waals surface area contributed by atoms with Crippen molar-refractivity contribution >= 4 is 11.6 Å². The third kappa shape index (κ3) is 3.45. The lowest BCUT2D eigenvalue weighted by atomic mass is 10.1. The van der Waals surface area contributed by atoms with Crippen LogP contribution in [0.5, 0.6) is 0 Å². The fourth-order valence-electron chi connectivity index (χ4n) is 2.29. The molecule has 1 aromatic heterocycles. The van der Waals surface area contributed by atoms with Gasteiger partial charge >= 0.3 is 0 Å². The molecule has 0 atom stereocenters. The molecule has 0 saturated carbocycles. The number of aromatic nitrogens is 2. The minimum Gasteiger partial charge on any atom is -0.322 e. The molecule has 5 nitrogen and oxygen atoms in total. The van der Waals surface area contributed by atoms with Crippen LogP contribution < -0.4 is 10.9 Å². The summed E-state index contributed by atoms with van der Waals surface area (Å²) < 4.78 is 28.5. The molecular weight excluding hydrogens is 328 g/mol. The number of rotatable bonds is 3. The van der Waals surface area contributed by atoms with Gasteiger partial charge in [0.25, 0.3) is 11.5 Å². The van der Waals surface area contributed by atoms with Gasteiger partial charge in [0, 0.05) is 24.4 Å². The molecule has 0 aliphatic carbocycles. The molecule has 1 N–H and O–H groups in total. The van der Waals surface area contributed by atoms with Gasteiger partial charge in [-0.2, -0.15) is 5.10 Å². The third-order valence-corrected chi connectivity index (χ3v) is 3.59. The Hall–Kier alpha value is -3.35. The van der Waals surface area contributed by atoms with E-state index in [-0.39, 0.29) is 5.56 Å². The number of amides is 1. The van der Waals surface area contributed by atoms with Crippen LogP contribution in [0.15, 0.2) is 59.4 Å². The second-order valence-corrected chi connectivity index (χ2v) is 5.31. The summed E-state index contributed by atoms with van der Waals surface area (Å²) >= 11 is 0. The van der Waals surface area contributed by atoms with Gasteiger partial charge in [-0.1, -0.05) is 18.2 Å². The Balaban J connectivity index is 1.82. The van der Waals surface area contributed by atoms with Crippen LogP contribution in [-0.2, 0) is 7.05 Å². The number of nitrogens with one attached hydrogen (secondary N) is 1. The zero-order valence-corrected chi connectivity index (χ0v) is 13.2. The van der Waals surface area contributed by atoms with Gasteiger partial charge < -0.3 is 5.32 Å². The van der Waals surface area contributed by atoms with Crippen molar-refractivity contribution < 1.29 is 13.6 Å². The first-order valence-electron chi connectivity index (χ1n) is 7.36.